The highest BCUT2D eigenvalue weighted by Crippen LogP contribution is 2.23. The van der Waals surface area contributed by atoms with Gasteiger partial charge in [0.05, 0.1) is 11.8 Å². The number of thioether (sulfide) groups is 1. The number of carbonyl (C=O) groups is 2. The van der Waals surface area contributed by atoms with Crippen molar-refractivity contribution in [3.8, 4) is 0 Å². The van der Waals surface area contributed by atoms with Crippen molar-refractivity contribution >= 4 is 29.3 Å². The molecule has 2 amide bonds. The predicted octanol–water partition coefficient (Wildman–Crippen LogP) is 4.42. The van der Waals surface area contributed by atoms with E-state index >= 15 is 0 Å². The number of aryl methyl sites for hydroxylation is 1. The number of aromatic nitrogens is 2. The van der Waals surface area contributed by atoms with Crippen molar-refractivity contribution in [3.05, 3.63) is 77.9 Å². The molecule has 1 unspecified atom stereocenters. The summed E-state index contributed by atoms with van der Waals surface area (Å²) in [7, 11) is 1.87. The second-order valence-electron chi connectivity index (χ2n) is 7.48. The summed E-state index contributed by atoms with van der Waals surface area (Å²) in [5.41, 5.74) is 1.94. The number of carbonyl (C=O) groups excluding carboxylic acids is 2. The van der Waals surface area contributed by atoms with Crippen molar-refractivity contribution in [2.45, 2.75) is 25.0 Å². The van der Waals surface area contributed by atoms with E-state index in [1.165, 1.54) is 23.9 Å². The highest BCUT2D eigenvalue weighted by Gasteiger charge is 2.19. The van der Waals surface area contributed by atoms with Gasteiger partial charge in [-0.1, -0.05) is 37.7 Å². The van der Waals surface area contributed by atoms with Gasteiger partial charge in [0.1, 0.15) is 5.82 Å². The van der Waals surface area contributed by atoms with Crippen LogP contribution in [0.1, 0.15) is 35.8 Å². The summed E-state index contributed by atoms with van der Waals surface area (Å²) in [6.45, 7) is 3.99. The van der Waals surface area contributed by atoms with Gasteiger partial charge in [0.15, 0.2) is 5.16 Å². The zero-order valence-corrected chi connectivity index (χ0v) is 18.4. The first-order valence-electron chi connectivity index (χ1n) is 9.90. The Morgan fingerprint density at radius 3 is 2.35 bits per heavy atom. The summed E-state index contributed by atoms with van der Waals surface area (Å²) < 4.78 is 15.1. The van der Waals surface area contributed by atoms with Crippen LogP contribution in [0.15, 0.2) is 66.1 Å². The van der Waals surface area contributed by atoms with Gasteiger partial charge in [-0.25, -0.2) is 9.37 Å². The molecular formula is C23H25FN4O2S. The van der Waals surface area contributed by atoms with Gasteiger partial charge < -0.3 is 15.2 Å². The van der Waals surface area contributed by atoms with Crippen molar-refractivity contribution in [2.75, 3.05) is 11.1 Å². The predicted molar refractivity (Wildman–Crippen MR) is 120 cm³/mol. The van der Waals surface area contributed by atoms with Crippen molar-refractivity contribution in [1.29, 1.82) is 0 Å². The zero-order chi connectivity index (χ0) is 22.4. The monoisotopic (exact) mass is 440 g/mol. The minimum atomic E-state index is -0.312. The number of hydrogen-bond donors (Lipinski definition) is 2. The number of nitrogens with one attached hydrogen (secondary N) is 2. The number of rotatable bonds is 8. The van der Waals surface area contributed by atoms with Crippen LogP contribution >= 0.6 is 11.8 Å². The molecule has 6 nitrogen and oxygen atoms in total. The second-order valence-corrected chi connectivity index (χ2v) is 8.42. The van der Waals surface area contributed by atoms with Crippen LogP contribution in [0.5, 0.6) is 0 Å². The summed E-state index contributed by atoms with van der Waals surface area (Å²) in [6.07, 6.45) is 3.51. The lowest BCUT2D eigenvalue weighted by atomic mass is 9.95. The summed E-state index contributed by atoms with van der Waals surface area (Å²) in [6, 6.07) is 12.6. The van der Waals surface area contributed by atoms with Crippen molar-refractivity contribution in [3.63, 3.8) is 0 Å². The molecule has 0 spiro atoms. The molecule has 0 saturated carbocycles. The number of amides is 2. The quantitative estimate of drug-likeness (QED) is 0.509. The molecule has 3 aromatic rings. The third-order valence-electron chi connectivity index (χ3n) is 4.72. The van der Waals surface area contributed by atoms with Gasteiger partial charge in [0, 0.05) is 30.7 Å². The van der Waals surface area contributed by atoms with Gasteiger partial charge in [-0.05, 0) is 47.9 Å². The SMILES string of the molecule is CC(C)C(NC(=O)c1ccc(NC(=O)CSc2nccn2C)cc1)c1ccc(F)cc1. The molecule has 3 rings (SSSR count). The Hall–Kier alpha value is -3.13. The van der Waals surface area contributed by atoms with E-state index < -0.39 is 0 Å². The molecule has 0 saturated heterocycles. The van der Waals surface area contributed by atoms with E-state index in [1.54, 1.807) is 42.6 Å². The Labute approximate surface area is 185 Å². The lowest BCUT2D eigenvalue weighted by Crippen LogP contribution is -2.31. The van der Waals surface area contributed by atoms with E-state index in [9.17, 15) is 14.0 Å². The number of benzene rings is 2. The van der Waals surface area contributed by atoms with Crippen LogP contribution in [0, 0.1) is 11.7 Å². The molecule has 2 aromatic carbocycles. The van der Waals surface area contributed by atoms with Gasteiger partial charge >= 0.3 is 0 Å². The Morgan fingerprint density at radius 1 is 1.10 bits per heavy atom. The van der Waals surface area contributed by atoms with Crippen LogP contribution < -0.4 is 10.6 Å². The van der Waals surface area contributed by atoms with Crippen LogP contribution in [0.3, 0.4) is 0 Å². The average molecular weight is 441 g/mol. The fourth-order valence-corrected chi connectivity index (χ4v) is 3.78. The Kier molecular flexibility index (Phi) is 7.46. The van der Waals surface area contributed by atoms with Gasteiger partial charge in [-0.2, -0.15) is 0 Å². The molecule has 162 valence electrons. The lowest BCUT2D eigenvalue weighted by molar-refractivity contribution is -0.113. The van der Waals surface area contributed by atoms with Gasteiger partial charge in [-0.3, -0.25) is 9.59 Å². The maximum absolute atomic E-state index is 13.2. The fourth-order valence-electron chi connectivity index (χ4n) is 3.05. The molecule has 0 aliphatic rings. The summed E-state index contributed by atoms with van der Waals surface area (Å²) >= 11 is 1.35. The van der Waals surface area contributed by atoms with Crippen LogP contribution in [0.2, 0.25) is 0 Å². The molecule has 1 aromatic heterocycles. The number of hydrogen-bond acceptors (Lipinski definition) is 4. The van der Waals surface area contributed by atoms with Crippen LogP contribution in [0.25, 0.3) is 0 Å². The topological polar surface area (TPSA) is 76.0 Å². The van der Waals surface area contributed by atoms with E-state index in [4.69, 9.17) is 0 Å². The Balaban J connectivity index is 1.58. The van der Waals surface area contributed by atoms with Gasteiger partial charge in [0.25, 0.3) is 5.91 Å². The van der Waals surface area contributed by atoms with Crippen LogP contribution in [0.4, 0.5) is 10.1 Å². The standard InChI is InChI=1S/C23H25FN4O2S/c1-15(2)21(16-4-8-18(24)9-5-16)27-22(30)17-6-10-19(11-7-17)26-20(29)14-31-23-25-12-13-28(23)3/h4-13,15,21H,14H2,1-3H3,(H,26,29)(H,27,30). The second kappa shape index (κ2) is 10.3. The molecule has 0 aliphatic heterocycles. The van der Waals surface area contributed by atoms with E-state index in [-0.39, 0.29) is 35.3 Å². The molecule has 1 heterocycles. The Morgan fingerprint density at radius 2 is 1.77 bits per heavy atom. The zero-order valence-electron chi connectivity index (χ0n) is 17.6. The number of anilines is 1. The molecule has 0 bridgehead atoms. The normalized spacial score (nSPS) is 11.9. The maximum atomic E-state index is 13.2. The molecule has 0 fully saturated rings. The van der Waals surface area contributed by atoms with Crippen molar-refractivity contribution < 1.29 is 14.0 Å². The lowest BCUT2D eigenvalue weighted by Gasteiger charge is -2.23. The third kappa shape index (κ3) is 6.18. The van der Waals surface area contributed by atoms with Crippen LogP contribution in [-0.2, 0) is 11.8 Å². The third-order valence-corrected chi connectivity index (χ3v) is 5.78. The first-order chi connectivity index (χ1) is 14.8. The summed E-state index contributed by atoms with van der Waals surface area (Å²) in [5.74, 6) is -0.328. The van der Waals surface area contributed by atoms with Gasteiger partial charge in [-0.15, -0.1) is 0 Å². The maximum Gasteiger partial charge on any atom is 0.251 e. The largest absolute Gasteiger partial charge is 0.345 e. The molecule has 8 heteroatoms. The molecule has 31 heavy (non-hydrogen) atoms. The summed E-state index contributed by atoms with van der Waals surface area (Å²) in [5, 5.41) is 6.59. The fraction of sp³-hybridized carbons (Fsp3) is 0.261. The highest BCUT2D eigenvalue weighted by atomic mass is 32.2. The number of nitrogens with zero attached hydrogens (tertiary/aromatic N) is 2. The average Bonchev–Trinajstić information content (AvgIpc) is 3.16. The van der Waals surface area contributed by atoms with E-state index in [0.717, 1.165) is 10.7 Å². The first kappa shape index (κ1) is 22.6. The molecule has 0 aliphatic carbocycles. The van der Waals surface area contributed by atoms with Gasteiger partial charge in [0.2, 0.25) is 5.91 Å². The molecule has 1 atom stereocenters. The van der Waals surface area contributed by atoms with E-state index in [2.05, 4.69) is 15.6 Å². The Bertz CT molecular complexity index is 1030. The highest BCUT2D eigenvalue weighted by molar-refractivity contribution is 7.99. The number of imidazole rings is 1. The van der Waals surface area contributed by atoms with Crippen molar-refractivity contribution in [2.24, 2.45) is 13.0 Å². The molecule has 2 N–H and O–H groups in total. The number of halogens is 1. The molecule has 0 radical (unpaired) electrons. The van der Waals surface area contributed by atoms with Crippen LogP contribution in [-0.4, -0.2) is 27.1 Å². The minimum Gasteiger partial charge on any atom is -0.345 e. The van der Waals surface area contributed by atoms with E-state index in [1.807, 2.05) is 31.7 Å². The van der Waals surface area contributed by atoms with E-state index in [0.29, 0.717) is 11.3 Å². The minimum absolute atomic E-state index is 0.129. The smallest absolute Gasteiger partial charge is 0.251 e. The van der Waals surface area contributed by atoms with Crippen molar-refractivity contribution in [1.82, 2.24) is 14.9 Å². The summed E-state index contributed by atoms with van der Waals surface area (Å²) in [4.78, 5) is 29.0. The first-order valence-corrected chi connectivity index (χ1v) is 10.9. The molecular weight excluding hydrogens is 415 g/mol.